The minimum absolute atomic E-state index is 0.149. The summed E-state index contributed by atoms with van der Waals surface area (Å²) < 4.78 is 5.10. The zero-order valence-electron chi connectivity index (χ0n) is 23.0. The van der Waals surface area contributed by atoms with Gasteiger partial charge in [-0.25, -0.2) is 0 Å². The molecule has 0 saturated heterocycles. The lowest BCUT2D eigenvalue weighted by atomic mass is 9.80. The average molecular weight is 502 g/mol. The highest BCUT2D eigenvalue weighted by Crippen LogP contribution is 2.45. The number of esters is 1. The van der Waals surface area contributed by atoms with E-state index in [0.717, 1.165) is 41.2 Å². The van der Waals surface area contributed by atoms with Crippen LogP contribution >= 0.6 is 0 Å². The fourth-order valence-corrected chi connectivity index (χ4v) is 5.03. The predicted octanol–water partition coefficient (Wildman–Crippen LogP) is 5.69. The number of carbonyl (C=O) groups is 2. The lowest BCUT2D eigenvalue weighted by Crippen LogP contribution is -2.40. The number of nitriles is 1. The first kappa shape index (κ1) is 28.0. The molecule has 3 rings (SSSR count). The zero-order valence-corrected chi connectivity index (χ0v) is 23.0. The molecule has 0 spiro atoms. The van der Waals surface area contributed by atoms with Crippen molar-refractivity contribution >= 4 is 29.2 Å². The Morgan fingerprint density at radius 3 is 2.38 bits per heavy atom. The molecule has 0 N–H and O–H groups in total. The summed E-state index contributed by atoms with van der Waals surface area (Å²) in [5.41, 5.74) is 5.09. The molecular formula is C31H39N3O3. The summed E-state index contributed by atoms with van der Waals surface area (Å²) in [7, 11) is 0. The number of ketones is 1. The molecule has 1 heterocycles. The number of hydrogen-bond donors (Lipinski definition) is 0. The summed E-state index contributed by atoms with van der Waals surface area (Å²) in [6.07, 6.45) is 2.17. The van der Waals surface area contributed by atoms with Gasteiger partial charge in [0.1, 0.15) is 6.07 Å². The van der Waals surface area contributed by atoms with Crippen LogP contribution in [0.2, 0.25) is 0 Å². The Balaban J connectivity index is 1.77. The van der Waals surface area contributed by atoms with Crippen LogP contribution in [-0.4, -0.2) is 44.0 Å². The van der Waals surface area contributed by atoms with Gasteiger partial charge in [0.25, 0.3) is 0 Å². The number of Topliss-reactive ketones (excluding diaryl/α,β-unsaturated/α-hetero) is 1. The van der Waals surface area contributed by atoms with Gasteiger partial charge in [-0.2, -0.15) is 5.26 Å². The van der Waals surface area contributed by atoms with E-state index >= 15 is 0 Å². The van der Waals surface area contributed by atoms with Gasteiger partial charge in [0.05, 0.1) is 18.6 Å². The maximum absolute atomic E-state index is 13.1. The number of hydrogen-bond acceptors (Lipinski definition) is 6. The Morgan fingerprint density at radius 1 is 1.11 bits per heavy atom. The Labute approximate surface area is 221 Å². The molecule has 37 heavy (non-hydrogen) atoms. The fourth-order valence-electron chi connectivity index (χ4n) is 5.03. The van der Waals surface area contributed by atoms with E-state index < -0.39 is 0 Å². The number of benzene rings is 2. The standard InChI is InChI=1S/C31H39N3O3/c1-7-33(8-2)26-13-10-23(11-14-26)18-25(21-32)29(35)20-24-12-15-28-27(19-24)31(5,6)22(4)34(28)17-16-30(36)37-9-3/h10-15,18-19,22H,7-9,16-17,20H2,1-6H3/b25-18+. The Morgan fingerprint density at radius 2 is 1.78 bits per heavy atom. The number of carbonyl (C=O) groups excluding carboxylic acids is 2. The van der Waals surface area contributed by atoms with Crippen LogP contribution in [0.25, 0.3) is 6.08 Å². The van der Waals surface area contributed by atoms with Gasteiger partial charge < -0.3 is 14.5 Å². The molecule has 2 aromatic carbocycles. The van der Waals surface area contributed by atoms with Gasteiger partial charge in [0, 0.05) is 48.9 Å². The smallest absolute Gasteiger partial charge is 0.307 e. The molecule has 0 aromatic heterocycles. The molecule has 1 aliphatic heterocycles. The Hall–Kier alpha value is -3.59. The second-order valence-electron chi connectivity index (χ2n) is 10.0. The minimum atomic E-state index is -0.196. The zero-order chi connectivity index (χ0) is 27.2. The molecule has 196 valence electrons. The van der Waals surface area contributed by atoms with Crippen molar-refractivity contribution in [2.75, 3.05) is 36.0 Å². The molecule has 0 fully saturated rings. The second-order valence-corrected chi connectivity index (χ2v) is 10.0. The first-order chi connectivity index (χ1) is 17.7. The molecule has 1 unspecified atom stereocenters. The normalized spacial score (nSPS) is 16.2. The summed E-state index contributed by atoms with van der Waals surface area (Å²) in [5.74, 6) is -0.389. The molecule has 2 aromatic rings. The van der Waals surface area contributed by atoms with Gasteiger partial charge in [-0.05, 0) is 68.7 Å². The van der Waals surface area contributed by atoms with Crippen molar-refractivity contribution in [1.29, 1.82) is 5.26 Å². The molecule has 1 aliphatic rings. The maximum Gasteiger partial charge on any atom is 0.307 e. The molecule has 0 saturated carbocycles. The van der Waals surface area contributed by atoms with Gasteiger partial charge in [-0.15, -0.1) is 0 Å². The third kappa shape index (κ3) is 6.22. The largest absolute Gasteiger partial charge is 0.466 e. The van der Waals surface area contributed by atoms with E-state index in [1.54, 1.807) is 6.08 Å². The van der Waals surface area contributed by atoms with E-state index in [1.807, 2.05) is 43.3 Å². The second kappa shape index (κ2) is 12.1. The Kier molecular flexibility index (Phi) is 9.15. The van der Waals surface area contributed by atoms with Crippen LogP contribution in [0, 0.1) is 11.3 Å². The predicted molar refractivity (Wildman–Crippen MR) is 150 cm³/mol. The van der Waals surface area contributed by atoms with E-state index in [9.17, 15) is 14.9 Å². The van der Waals surface area contributed by atoms with Crippen LogP contribution in [0.1, 0.15) is 64.7 Å². The van der Waals surface area contributed by atoms with Gasteiger partial charge in [-0.1, -0.05) is 38.1 Å². The van der Waals surface area contributed by atoms with E-state index in [4.69, 9.17) is 4.74 Å². The molecule has 0 radical (unpaired) electrons. The lowest BCUT2D eigenvalue weighted by Gasteiger charge is -2.31. The average Bonchev–Trinajstić information content (AvgIpc) is 3.07. The summed E-state index contributed by atoms with van der Waals surface area (Å²) in [6.45, 7) is 15.4. The van der Waals surface area contributed by atoms with E-state index in [0.29, 0.717) is 19.6 Å². The highest BCUT2D eigenvalue weighted by Gasteiger charge is 2.41. The van der Waals surface area contributed by atoms with Crippen molar-refractivity contribution < 1.29 is 14.3 Å². The molecule has 6 nitrogen and oxygen atoms in total. The first-order valence-electron chi connectivity index (χ1n) is 13.2. The minimum Gasteiger partial charge on any atom is -0.466 e. The van der Waals surface area contributed by atoms with Crippen molar-refractivity contribution in [3.63, 3.8) is 0 Å². The van der Waals surface area contributed by atoms with Gasteiger partial charge >= 0.3 is 5.97 Å². The molecule has 0 bridgehead atoms. The third-order valence-corrected chi connectivity index (χ3v) is 7.56. The maximum atomic E-state index is 13.1. The van der Waals surface area contributed by atoms with Crippen LogP contribution in [-0.2, 0) is 26.2 Å². The van der Waals surface area contributed by atoms with Crippen molar-refractivity contribution in [3.05, 3.63) is 64.7 Å². The van der Waals surface area contributed by atoms with Crippen LogP contribution in [0.15, 0.2) is 48.0 Å². The number of fused-ring (bicyclic) bond motifs is 1. The summed E-state index contributed by atoms with van der Waals surface area (Å²) in [6, 6.07) is 16.3. The first-order valence-corrected chi connectivity index (χ1v) is 13.2. The monoisotopic (exact) mass is 501 g/mol. The quantitative estimate of drug-likeness (QED) is 0.224. The number of nitrogens with zero attached hydrogens (tertiary/aromatic N) is 3. The van der Waals surface area contributed by atoms with Gasteiger partial charge in [-0.3, -0.25) is 9.59 Å². The van der Waals surface area contributed by atoms with Crippen LogP contribution in [0.3, 0.4) is 0 Å². The van der Waals surface area contributed by atoms with Crippen LogP contribution in [0.5, 0.6) is 0 Å². The van der Waals surface area contributed by atoms with E-state index in [1.165, 1.54) is 0 Å². The third-order valence-electron chi connectivity index (χ3n) is 7.56. The topological polar surface area (TPSA) is 73.6 Å². The lowest BCUT2D eigenvalue weighted by molar-refractivity contribution is -0.142. The molecule has 0 aliphatic carbocycles. The summed E-state index contributed by atoms with van der Waals surface area (Å²) in [5, 5.41) is 9.71. The summed E-state index contributed by atoms with van der Waals surface area (Å²) in [4.78, 5) is 29.5. The molecule has 0 amide bonds. The molecule has 6 heteroatoms. The highest BCUT2D eigenvalue weighted by molar-refractivity contribution is 6.04. The summed E-state index contributed by atoms with van der Waals surface area (Å²) >= 11 is 0. The van der Waals surface area contributed by atoms with Crippen molar-refractivity contribution in [3.8, 4) is 6.07 Å². The number of anilines is 2. The van der Waals surface area contributed by atoms with Crippen molar-refractivity contribution in [2.24, 2.45) is 0 Å². The van der Waals surface area contributed by atoms with Crippen molar-refractivity contribution in [2.45, 2.75) is 65.8 Å². The Bertz CT molecular complexity index is 1190. The van der Waals surface area contributed by atoms with E-state index in [-0.39, 0.29) is 35.2 Å². The fraction of sp³-hybridized carbons (Fsp3) is 0.452. The number of allylic oxidation sites excluding steroid dienone is 1. The van der Waals surface area contributed by atoms with Crippen LogP contribution in [0.4, 0.5) is 11.4 Å². The van der Waals surface area contributed by atoms with Gasteiger partial charge in [0.2, 0.25) is 0 Å². The van der Waals surface area contributed by atoms with E-state index in [2.05, 4.69) is 56.6 Å². The van der Waals surface area contributed by atoms with Crippen LogP contribution < -0.4 is 9.80 Å². The van der Waals surface area contributed by atoms with Crippen molar-refractivity contribution in [1.82, 2.24) is 0 Å². The number of ether oxygens (including phenoxy) is 1. The SMILES string of the molecule is CCOC(=O)CCN1c2ccc(CC(=O)/C(C#N)=C/c3ccc(N(CC)CC)cc3)cc2C(C)(C)C1C. The van der Waals surface area contributed by atoms with Gasteiger partial charge in [0.15, 0.2) is 5.78 Å². The molecular weight excluding hydrogens is 462 g/mol. The molecule has 1 atom stereocenters. The number of rotatable bonds is 11. The highest BCUT2D eigenvalue weighted by atomic mass is 16.5.